The Hall–Kier alpha value is -1.59. The summed E-state index contributed by atoms with van der Waals surface area (Å²) in [5, 5.41) is 0. The summed E-state index contributed by atoms with van der Waals surface area (Å²) in [5.74, 6) is 0.551. The molecule has 5 rings (SSSR count). The van der Waals surface area contributed by atoms with Gasteiger partial charge in [-0.3, -0.25) is 9.80 Å². The monoisotopic (exact) mass is 495 g/mol. The largest absolute Gasteiger partial charge is 0.444 e. The minimum absolute atomic E-state index is 0.137. The van der Waals surface area contributed by atoms with Crippen LogP contribution in [0.4, 0.5) is 4.79 Å². The summed E-state index contributed by atoms with van der Waals surface area (Å²) < 4.78 is 5.63. The van der Waals surface area contributed by atoms with E-state index in [0.29, 0.717) is 23.4 Å². The highest BCUT2D eigenvalue weighted by molar-refractivity contribution is 5.68. The van der Waals surface area contributed by atoms with E-state index < -0.39 is 5.60 Å². The van der Waals surface area contributed by atoms with E-state index in [1.165, 1.54) is 63.7 Å². The lowest BCUT2D eigenvalue weighted by Gasteiger charge is -2.58. The van der Waals surface area contributed by atoms with E-state index >= 15 is 0 Å². The van der Waals surface area contributed by atoms with Gasteiger partial charge in [-0.2, -0.15) is 0 Å². The molecule has 2 saturated heterocycles. The Labute approximate surface area is 219 Å². The van der Waals surface area contributed by atoms with Crippen molar-refractivity contribution >= 4 is 6.09 Å². The predicted octanol–water partition coefficient (Wildman–Crippen LogP) is 6.59. The average molecular weight is 496 g/mol. The summed E-state index contributed by atoms with van der Waals surface area (Å²) in [5.41, 5.74) is 3.10. The SMILES string of the molecule is CC(C)c1ccccc1C1CN(C2CCCC2)CCN1C1CC2(CCN(C(=O)OC(C)(C)C)CC2)C1. The summed E-state index contributed by atoms with van der Waals surface area (Å²) in [6, 6.07) is 11.2. The molecule has 2 aliphatic carbocycles. The molecule has 1 unspecified atom stereocenters. The van der Waals surface area contributed by atoms with E-state index in [2.05, 4.69) is 47.9 Å². The zero-order valence-corrected chi connectivity index (χ0v) is 23.5. The zero-order valence-electron chi connectivity index (χ0n) is 23.5. The summed E-state index contributed by atoms with van der Waals surface area (Å²) in [7, 11) is 0. The van der Waals surface area contributed by atoms with E-state index in [9.17, 15) is 4.79 Å². The molecular weight excluding hydrogens is 446 g/mol. The topological polar surface area (TPSA) is 36.0 Å². The highest BCUT2D eigenvalue weighted by Crippen LogP contribution is 2.53. The molecule has 5 heteroatoms. The second-order valence-corrected chi connectivity index (χ2v) is 13.5. The molecular formula is C31H49N3O2. The van der Waals surface area contributed by atoms with Gasteiger partial charge in [-0.15, -0.1) is 0 Å². The zero-order chi connectivity index (χ0) is 25.5. The van der Waals surface area contributed by atoms with Gasteiger partial charge in [0.05, 0.1) is 0 Å². The van der Waals surface area contributed by atoms with Gasteiger partial charge in [-0.25, -0.2) is 4.79 Å². The van der Waals surface area contributed by atoms with Crippen LogP contribution in [-0.4, -0.2) is 71.2 Å². The molecule has 4 aliphatic rings. The number of nitrogens with zero attached hydrogens (tertiary/aromatic N) is 3. The van der Waals surface area contributed by atoms with Crippen LogP contribution < -0.4 is 0 Å². The molecule has 1 aromatic rings. The standard InChI is InChI=1S/C31H49N3O2/c1-23(2)26-12-8-9-13-27(26)28-22-33(24-10-6-7-11-24)18-19-34(28)25-20-31(21-25)14-16-32(17-15-31)29(35)36-30(3,4)5/h8-9,12-13,23-25,28H,6-7,10-11,14-22H2,1-5H3. The second-order valence-electron chi connectivity index (χ2n) is 13.5. The Morgan fingerprint density at radius 1 is 0.972 bits per heavy atom. The Morgan fingerprint density at radius 2 is 1.64 bits per heavy atom. The van der Waals surface area contributed by atoms with Crippen molar-refractivity contribution in [3.63, 3.8) is 0 Å². The molecule has 200 valence electrons. The fraction of sp³-hybridized carbons (Fsp3) is 0.774. The van der Waals surface area contributed by atoms with Crippen LogP contribution in [0.1, 0.15) is 109 Å². The van der Waals surface area contributed by atoms with Crippen molar-refractivity contribution in [1.82, 2.24) is 14.7 Å². The molecule has 4 fully saturated rings. The Morgan fingerprint density at radius 3 is 2.28 bits per heavy atom. The summed E-state index contributed by atoms with van der Waals surface area (Å²) in [4.78, 5) is 20.2. The molecule has 0 N–H and O–H groups in total. The first-order valence-corrected chi connectivity index (χ1v) is 14.7. The minimum Gasteiger partial charge on any atom is -0.444 e. The Balaban J connectivity index is 1.26. The first-order chi connectivity index (χ1) is 17.1. The lowest BCUT2D eigenvalue weighted by molar-refractivity contribution is -0.0813. The van der Waals surface area contributed by atoms with Crippen molar-refractivity contribution in [2.24, 2.45) is 5.41 Å². The van der Waals surface area contributed by atoms with Gasteiger partial charge in [-0.05, 0) is 81.8 Å². The fourth-order valence-corrected chi connectivity index (χ4v) is 7.55. The maximum absolute atomic E-state index is 12.6. The van der Waals surface area contributed by atoms with Gasteiger partial charge in [0, 0.05) is 50.8 Å². The molecule has 2 aliphatic heterocycles. The lowest BCUT2D eigenvalue weighted by Crippen LogP contribution is -2.61. The lowest BCUT2D eigenvalue weighted by atomic mass is 9.59. The third-order valence-electron chi connectivity index (χ3n) is 9.55. The first-order valence-electron chi connectivity index (χ1n) is 14.7. The van der Waals surface area contributed by atoms with Crippen molar-refractivity contribution in [3.8, 4) is 0 Å². The number of hydrogen-bond donors (Lipinski definition) is 0. The Kier molecular flexibility index (Phi) is 7.44. The Bertz CT molecular complexity index is 901. The van der Waals surface area contributed by atoms with Crippen LogP contribution >= 0.6 is 0 Å². The maximum Gasteiger partial charge on any atom is 0.410 e. The van der Waals surface area contributed by atoms with Gasteiger partial charge in [0.15, 0.2) is 0 Å². The predicted molar refractivity (Wildman–Crippen MR) is 146 cm³/mol. The molecule has 2 heterocycles. The highest BCUT2D eigenvalue weighted by Gasteiger charge is 2.50. The van der Waals surface area contributed by atoms with Gasteiger partial charge in [0.25, 0.3) is 0 Å². The normalized spacial score (nSPS) is 26.5. The van der Waals surface area contributed by atoms with E-state index in [1.54, 1.807) is 5.56 Å². The number of carbonyl (C=O) groups excluding carboxylic acids is 1. The van der Waals surface area contributed by atoms with Crippen LogP contribution in [0.25, 0.3) is 0 Å². The number of ether oxygens (including phenoxy) is 1. The number of amides is 1. The van der Waals surface area contributed by atoms with Crippen LogP contribution in [0.15, 0.2) is 24.3 Å². The van der Waals surface area contributed by atoms with E-state index in [1.807, 2.05) is 25.7 Å². The molecule has 1 atom stereocenters. The van der Waals surface area contributed by atoms with Gasteiger partial charge < -0.3 is 9.64 Å². The second kappa shape index (κ2) is 10.3. The van der Waals surface area contributed by atoms with Crippen molar-refractivity contribution in [1.29, 1.82) is 0 Å². The third kappa shape index (κ3) is 5.48. The molecule has 2 saturated carbocycles. The van der Waals surface area contributed by atoms with Crippen molar-refractivity contribution in [2.75, 3.05) is 32.7 Å². The van der Waals surface area contributed by atoms with E-state index in [4.69, 9.17) is 4.74 Å². The van der Waals surface area contributed by atoms with Crippen molar-refractivity contribution in [2.45, 2.75) is 116 Å². The van der Waals surface area contributed by atoms with E-state index in [-0.39, 0.29) is 6.09 Å². The van der Waals surface area contributed by atoms with Gasteiger partial charge in [-0.1, -0.05) is 51.0 Å². The number of piperidine rings is 1. The number of rotatable bonds is 4. The molecule has 0 bridgehead atoms. The third-order valence-corrected chi connectivity index (χ3v) is 9.55. The van der Waals surface area contributed by atoms with Crippen LogP contribution in [0.5, 0.6) is 0 Å². The summed E-state index contributed by atoms with van der Waals surface area (Å²) in [6.45, 7) is 15.8. The van der Waals surface area contributed by atoms with Crippen LogP contribution in [0, 0.1) is 5.41 Å². The van der Waals surface area contributed by atoms with E-state index in [0.717, 1.165) is 32.0 Å². The maximum atomic E-state index is 12.6. The van der Waals surface area contributed by atoms with Crippen LogP contribution in [0.2, 0.25) is 0 Å². The average Bonchev–Trinajstić information content (AvgIpc) is 3.36. The number of carbonyl (C=O) groups is 1. The molecule has 1 aromatic carbocycles. The molecule has 0 aromatic heterocycles. The molecule has 1 amide bonds. The van der Waals surface area contributed by atoms with Crippen LogP contribution in [-0.2, 0) is 4.74 Å². The van der Waals surface area contributed by atoms with Crippen molar-refractivity contribution in [3.05, 3.63) is 35.4 Å². The number of piperazine rings is 1. The van der Waals surface area contributed by atoms with Gasteiger partial charge in [0.1, 0.15) is 5.60 Å². The summed E-state index contributed by atoms with van der Waals surface area (Å²) >= 11 is 0. The fourth-order valence-electron chi connectivity index (χ4n) is 7.55. The van der Waals surface area contributed by atoms with Gasteiger partial charge >= 0.3 is 6.09 Å². The highest BCUT2D eigenvalue weighted by atomic mass is 16.6. The quantitative estimate of drug-likeness (QED) is 0.472. The molecule has 5 nitrogen and oxygen atoms in total. The van der Waals surface area contributed by atoms with Crippen molar-refractivity contribution < 1.29 is 9.53 Å². The number of likely N-dealkylation sites (tertiary alicyclic amines) is 1. The number of benzene rings is 1. The molecule has 1 spiro atoms. The smallest absolute Gasteiger partial charge is 0.410 e. The molecule has 0 radical (unpaired) electrons. The van der Waals surface area contributed by atoms with Crippen LogP contribution in [0.3, 0.4) is 0 Å². The first kappa shape index (κ1) is 26.0. The van der Waals surface area contributed by atoms with Gasteiger partial charge in [0.2, 0.25) is 0 Å². The summed E-state index contributed by atoms with van der Waals surface area (Å²) in [6.07, 6.45) is 10.3. The number of hydrogen-bond acceptors (Lipinski definition) is 4. The molecule has 36 heavy (non-hydrogen) atoms. The minimum atomic E-state index is -0.421.